The molecular weight excluding hydrogens is 289 g/mol. The van der Waals surface area contributed by atoms with Crippen LogP contribution >= 0.6 is 12.4 Å². The number of hydrogen-bond acceptors (Lipinski definition) is 3. The van der Waals surface area contributed by atoms with E-state index in [1.54, 1.807) is 24.3 Å². The average Bonchev–Trinajstić information content (AvgIpc) is 2.35. The van der Waals surface area contributed by atoms with Crippen molar-refractivity contribution in [3.05, 3.63) is 29.8 Å². The number of benzene rings is 1. The predicted octanol–water partition coefficient (Wildman–Crippen LogP) is -1.12. The first-order valence-corrected chi connectivity index (χ1v) is 6.03. The van der Waals surface area contributed by atoms with Gasteiger partial charge in [0.15, 0.2) is 0 Å². The Bertz CT molecular complexity index is 361. The number of nitrogens with two attached hydrogens (primary N) is 1. The molecule has 3 N–H and O–H groups in total. The predicted molar refractivity (Wildman–Crippen MR) is 79.3 cm³/mol. The van der Waals surface area contributed by atoms with Gasteiger partial charge in [-0.25, -0.2) is 0 Å². The maximum atomic E-state index is 11.7. The van der Waals surface area contributed by atoms with Gasteiger partial charge in [-0.05, 0) is 37.4 Å². The molecule has 0 bridgehead atoms. The summed E-state index contributed by atoms with van der Waals surface area (Å²) in [4.78, 5) is 14.0. The van der Waals surface area contributed by atoms with Crippen molar-refractivity contribution in [1.29, 1.82) is 0 Å². The van der Waals surface area contributed by atoms with Gasteiger partial charge in [0.25, 0.3) is 5.91 Å². The van der Waals surface area contributed by atoms with E-state index in [0.717, 1.165) is 19.6 Å². The first kappa shape index (κ1) is 21.7. The second-order valence-electron chi connectivity index (χ2n) is 3.90. The van der Waals surface area contributed by atoms with Crippen molar-refractivity contribution >= 4 is 24.0 Å². The van der Waals surface area contributed by atoms with Crippen molar-refractivity contribution in [3.63, 3.8) is 0 Å². The Labute approximate surface area is 165 Å². The number of nitrogens with zero attached hydrogens (tertiary/aromatic N) is 1. The van der Waals surface area contributed by atoms with Crippen molar-refractivity contribution in [3.8, 4) is 0 Å². The number of nitrogens with one attached hydrogen (secondary N) is 1. The molecule has 0 aliphatic carbocycles. The van der Waals surface area contributed by atoms with Crippen molar-refractivity contribution < 1.29 is 57.6 Å². The maximum Gasteiger partial charge on any atom is 1.00 e. The minimum Gasteiger partial charge on any atom is -1.00 e. The molecule has 1 amide bonds. The fourth-order valence-electron chi connectivity index (χ4n) is 1.60. The normalized spacial score (nSPS) is 9.42. The average molecular weight is 312 g/mol. The number of rotatable bonds is 6. The van der Waals surface area contributed by atoms with Gasteiger partial charge >= 0.3 is 51.4 Å². The zero-order valence-corrected chi connectivity index (χ0v) is 15.9. The molecule has 0 atom stereocenters. The van der Waals surface area contributed by atoms with Crippen molar-refractivity contribution in [2.45, 2.75) is 13.8 Å². The molecule has 0 heterocycles. The van der Waals surface area contributed by atoms with E-state index in [9.17, 15) is 4.79 Å². The summed E-state index contributed by atoms with van der Waals surface area (Å²) in [6.07, 6.45) is 0. The van der Waals surface area contributed by atoms with Crippen LogP contribution in [0.2, 0.25) is 0 Å². The molecule has 0 unspecified atom stereocenters. The fraction of sp³-hybridized carbons (Fsp3) is 0.462. The molecule has 0 saturated carbocycles. The number of carbonyl (C=O) groups is 1. The number of halogens is 1. The van der Waals surface area contributed by atoms with Crippen molar-refractivity contribution in [2.24, 2.45) is 0 Å². The van der Waals surface area contributed by atoms with E-state index < -0.39 is 0 Å². The third-order valence-electron chi connectivity index (χ3n) is 2.78. The summed E-state index contributed by atoms with van der Waals surface area (Å²) >= 11 is 0. The van der Waals surface area contributed by atoms with Crippen molar-refractivity contribution in [1.82, 2.24) is 10.2 Å². The molecule has 6 heteroatoms. The maximum absolute atomic E-state index is 11.7. The van der Waals surface area contributed by atoms with Crippen molar-refractivity contribution in [2.75, 3.05) is 31.9 Å². The first-order chi connectivity index (χ1) is 8.17. The molecule has 0 spiro atoms. The van der Waals surface area contributed by atoms with Gasteiger partial charge in [-0.1, -0.05) is 13.8 Å². The molecule has 0 aromatic heterocycles. The topological polar surface area (TPSA) is 58.4 Å². The fourth-order valence-corrected chi connectivity index (χ4v) is 1.60. The van der Waals surface area contributed by atoms with E-state index in [0.29, 0.717) is 17.8 Å². The van der Waals surface area contributed by atoms with E-state index in [4.69, 9.17) is 5.73 Å². The van der Waals surface area contributed by atoms with Gasteiger partial charge in [0.1, 0.15) is 0 Å². The molecule has 0 aliphatic rings. The third kappa shape index (κ3) is 8.29. The Balaban J connectivity index is -0.000000963. The van der Waals surface area contributed by atoms with Crippen LogP contribution in [-0.2, 0) is 0 Å². The number of nitrogen functional groups attached to an aromatic ring is 1. The summed E-state index contributed by atoms with van der Waals surface area (Å²) in [6, 6.07) is 6.95. The van der Waals surface area contributed by atoms with Gasteiger partial charge in [0.2, 0.25) is 0 Å². The van der Waals surface area contributed by atoms with Gasteiger partial charge in [0, 0.05) is 24.3 Å². The summed E-state index contributed by atoms with van der Waals surface area (Å²) in [5, 5.41) is 2.90. The van der Waals surface area contributed by atoms with E-state index >= 15 is 0 Å². The van der Waals surface area contributed by atoms with Gasteiger partial charge in [0.05, 0.1) is 0 Å². The van der Waals surface area contributed by atoms with Crippen LogP contribution in [0.3, 0.4) is 0 Å². The Morgan fingerprint density at radius 1 is 1.26 bits per heavy atom. The Morgan fingerprint density at radius 3 is 2.26 bits per heavy atom. The van der Waals surface area contributed by atoms with Crippen LogP contribution in [0.5, 0.6) is 0 Å². The summed E-state index contributed by atoms with van der Waals surface area (Å²) in [5.41, 5.74) is 6.89. The van der Waals surface area contributed by atoms with Crippen LogP contribution in [0, 0.1) is 0 Å². The minimum atomic E-state index is -0.0443. The van der Waals surface area contributed by atoms with Gasteiger partial charge < -0.3 is 17.4 Å². The third-order valence-corrected chi connectivity index (χ3v) is 2.78. The molecule has 0 saturated heterocycles. The summed E-state index contributed by atoms with van der Waals surface area (Å²) < 4.78 is 0. The molecular formula is C13H23ClKN3O. The Kier molecular flexibility index (Phi) is 13.8. The molecule has 4 nitrogen and oxygen atoms in total. The number of anilines is 1. The minimum absolute atomic E-state index is 0. The van der Waals surface area contributed by atoms with Crippen LogP contribution in [-0.4, -0.2) is 37.0 Å². The molecule has 1 aromatic rings. The number of amides is 1. The largest absolute Gasteiger partial charge is 1.00 e. The number of hydrogen-bond donors (Lipinski definition) is 2. The number of carbonyl (C=O) groups excluding carboxylic acids is 1. The van der Waals surface area contributed by atoms with E-state index in [2.05, 4.69) is 24.1 Å². The van der Waals surface area contributed by atoms with Gasteiger partial charge in [-0.15, -0.1) is 12.4 Å². The zero-order valence-electron chi connectivity index (χ0n) is 13.0. The summed E-state index contributed by atoms with van der Waals surface area (Å²) in [5.74, 6) is -0.0443. The van der Waals surface area contributed by atoms with E-state index in [1.165, 1.54) is 0 Å². The van der Waals surface area contributed by atoms with E-state index in [1.807, 2.05) is 0 Å². The van der Waals surface area contributed by atoms with Crippen LogP contribution < -0.4 is 62.4 Å². The smallest absolute Gasteiger partial charge is 1.00 e. The molecule has 1 aromatic carbocycles. The first-order valence-electron chi connectivity index (χ1n) is 6.03. The summed E-state index contributed by atoms with van der Waals surface area (Å²) in [6.45, 7) is 7.80. The quantitative estimate of drug-likeness (QED) is 0.517. The Hall–Kier alpha value is 0.376. The molecule has 0 aliphatic heterocycles. The molecule has 19 heavy (non-hydrogen) atoms. The summed E-state index contributed by atoms with van der Waals surface area (Å²) in [7, 11) is 0. The van der Waals surface area contributed by atoms with Crippen LogP contribution in [0.15, 0.2) is 24.3 Å². The van der Waals surface area contributed by atoms with Crippen LogP contribution in [0.1, 0.15) is 25.6 Å². The second-order valence-corrected chi connectivity index (χ2v) is 3.90. The zero-order chi connectivity index (χ0) is 12.7. The van der Waals surface area contributed by atoms with Gasteiger partial charge in [-0.2, -0.15) is 0 Å². The van der Waals surface area contributed by atoms with Crippen LogP contribution in [0.25, 0.3) is 0 Å². The molecule has 0 radical (unpaired) electrons. The van der Waals surface area contributed by atoms with Gasteiger partial charge in [-0.3, -0.25) is 4.79 Å². The Morgan fingerprint density at radius 2 is 1.79 bits per heavy atom. The molecule has 104 valence electrons. The second kappa shape index (κ2) is 12.1. The van der Waals surface area contributed by atoms with E-state index in [-0.39, 0.29) is 71.1 Å². The molecule has 0 fully saturated rings. The monoisotopic (exact) mass is 311 g/mol. The standard InChI is InChI=1S/C13H21N3O.ClH.K.H/c1-3-16(4-2)10-9-15-13(17)11-5-7-12(14)8-6-11;;;/h5-8H,3-4,9-10,14H2,1-2H3,(H,15,17);1H;;/q;;+1;-1. The SMILES string of the molecule is CCN(CC)CCNC(=O)c1ccc(N)cc1.Cl.[H-].[K+]. The molecule has 1 rings (SSSR count). The number of likely N-dealkylation sites (N-methyl/N-ethyl adjacent to an activating group) is 1. The van der Waals surface area contributed by atoms with Crippen LogP contribution in [0.4, 0.5) is 5.69 Å².